The van der Waals surface area contributed by atoms with E-state index in [1.54, 1.807) is 4.90 Å². The molecule has 0 aliphatic carbocycles. The molecule has 0 spiro atoms. The van der Waals surface area contributed by atoms with Crippen LogP contribution in [-0.2, 0) is 0 Å². The maximum atomic E-state index is 10.7. The summed E-state index contributed by atoms with van der Waals surface area (Å²) in [5.41, 5.74) is 3.89. The molecule has 0 bridgehead atoms. The van der Waals surface area contributed by atoms with Gasteiger partial charge in [0, 0.05) is 6.54 Å². The van der Waals surface area contributed by atoms with E-state index in [1.807, 2.05) is 0 Å². The van der Waals surface area contributed by atoms with E-state index in [2.05, 4.69) is 18.5 Å². The molecular formula is C14H18N2O7P2. The van der Waals surface area contributed by atoms with E-state index in [0.717, 1.165) is 37.6 Å². The van der Waals surface area contributed by atoms with Crippen LogP contribution in [0.3, 0.4) is 0 Å². The first-order valence-corrected chi connectivity index (χ1v) is 8.11. The van der Waals surface area contributed by atoms with Crippen LogP contribution >= 0.6 is 18.5 Å². The number of urea groups is 1. The SMILES string of the molecule is NC(=O)N1CCCC1(P)P.O=C(O)c1ccc(C(=O)O)c(C(=O)O)c1. The molecular weight excluding hydrogens is 370 g/mol. The highest BCUT2D eigenvalue weighted by atomic mass is 31.1. The normalized spacial score (nSPS) is 15.0. The van der Waals surface area contributed by atoms with Crippen molar-refractivity contribution in [2.24, 2.45) is 5.73 Å². The van der Waals surface area contributed by atoms with Gasteiger partial charge in [-0.1, -0.05) is 0 Å². The van der Waals surface area contributed by atoms with Crippen molar-refractivity contribution in [2.75, 3.05) is 6.54 Å². The smallest absolute Gasteiger partial charge is 0.336 e. The third-order valence-electron chi connectivity index (χ3n) is 3.45. The number of hydrogen-bond donors (Lipinski definition) is 4. The molecule has 25 heavy (non-hydrogen) atoms. The van der Waals surface area contributed by atoms with Crippen molar-refractivity contribution >= 4 is 42.4 Å². The molecule has 2 amide bonds. The highest BCUT2D eigenvalue weighted by Gasteiger charge is 2.34. The van der Waals surface area contributed by atoms with Crippen molar-refractivity contribution in [3.8, 4) is 0 Å². The Hall–Kier alpha value is -2.24. The maximum absolute atomic E-state index is 10.7. The first-order chi connectivity index (χ1) is 11.5. The molecule has 0 aromatic heterocycles. The zero-order valence-electron chi connectivity index (χ0n) is 13.0. The second-order valence-electron chi connectivity index (χ2n) is 5.26. The molecule has 2 rings (SSSR count). The molecule has 5 N–H and O–H groups in total. The van der Waals surface area contributed by atoms with E-state index < -0.39 is 29.0 Å². The second kappa shape index (κ2) is 8.23. The molecule has 9 nitrogen and oxygen atoms in total. The van der Waals surface area contributed by atoms with Gasteiger partial charge >= 0.3 is 23.9 Å². The minimum atomic E-state index is -1.48. The minimum Gasteiger partial charge on any atom is -0.478 e. The molecule has 2 unspecified atom stereocenters. The average Bonchev–Trinajstić information content (AvgIpc) is 2.86. The van der Waals surface area contributed by atoms with Crippen LogP contribution in [0.25, 0.3) is 0 Å². The zero-order chi connectivity index (χ0) is 19.4. The van der Waals surface area contributed by atoms with Gasteiger partial charge in [-0.15, -0.1) is 18.5 Å². The fourth-order valence-electron chi connectivity index (χ4n) is 2.22. The predicted octanol–water partition coefficient (Wildman–Crippen LogP) is 1.35. The van der Waals surface area contributed by atoms with Crippen LogP contribution in [0.4, 0.5) is 4.79 Å². The topological polar surface area (TPSA) is 158 Å². The van der Waals surface area contributed by atoms with Crippen molar-refractivity contribution < 1.29 is 34.5 Å². The number of benzene rings is 1. The van der Waals surface area contributed by atoms with Crippen LogP contribution in [0, 0.1) is 0 Å². The predicted molar refractivity (Wildman–Crippen MR) is 95.0 cm³/mol. The minimum absolute atomic E-state index is 0.175. The number of aromatic carboxylic acids is 3. The van der Waals surface area contributed by atoms with Crippen LogP contribution in [0.5, 0.6) is 0 Å². The molecule has 1 heterocycles. The van der Waals surface area contributed by atoms with E-state index in [4.69, 9.17) is 21.1 Å². The van der Waals surface area contributed by atoms with Crippen LogP contribution in [0.15, 0.2) is 18.2 Å². The van der Waals surface area contributed by atoms with E-state index in [1.165, 1.54) is 0 Å². The number of likely N-dealkylation sites (tertiary alicyclic amines) is 1. The number of nitrogens with two attached hydrogens (primary N) is 1. The van der Waals surface area contributed by atoms with Crippen LogP contribution in [0.1, 0.15) is 43.9 Å². The Morgan fingerprint density at radius 3 is 1.88 bits per heavy atom. The summed E-state index contributed by atoms with van der Waals surface area (Å²) in [4.78, 5) is 44.2. The van der Waals surface area contributed by atoms with Crippen molar-refractivity contribution in [3.63, 3.8) is 0 Å². The van der Waals surface area contributed by atoms with Gasteiger partial charge < -0.3 is 26.0 Å². The highest BCUT2D eigenvalue weighted by molar-refractivity contribution is 7.39. The molecule has 2 atom stereocenters. The summed E-state index contributed by atoms with van der Waals surface area (Å²) < 4.78 is 0. The van der Waals surface area contributed by atoms with Gasteiger partial charge in [-0.05, 0) is 31.0 Å². The molecule has 1 aliphatic rings. The largest absolute Gasteiger partial charge is 0.478 e. The zero-order valence-corrected chi connectivity index (χ0v) is 15.3. The van der Waals surface area contributed by atoms with Crippen LogP contribution in [0.2, 0.25) is 0 Å². The van der Waals surface area contributed by atoms with Crippen LogP contribution in [-0.4, -0.2) is 55.7 Å². The monoisotopic (exact) mass is 388 g/mol. The lowest BCUT2D eigenvalue weighted by atomic mass is 10.0. The summed E-state index contributed by atoms with van der Waals surface area (Å²) in [6.07, 6.45) is 2.03. The molecule has 136 valence electrons. The van der Waals surface area contributed by atoms with Gasteiger partial charge in [0.1, 0.15) is 0 Å². The second-order valence-corrected chi connectivity index (χ2v) is 7.93. The highest BCUT2D eigenvalue weighted by Crippen LogP contribution is 2.40. The van der Waals surface area contributed by atoms with E-state index in [-0.39, 0.29) is 16.6 Å². The van der Waals surface area contributed by atoms with Gasteiger partial charge in [0.15, 0.2) is 0 Å². The first kappa shape index (κ1) is 20.8. The summed E-state index contributed by atoms with van der Waals surface area (Å²) >= 11 is 0. The molecule has 1 fully saturated rings. The number of rotatable bonds is 3. The lowest BCUT2D eigenvalue weighted by Crippen LogP contribution is -2.41. The number of carbonyl (C=O) groups excluding carboxylic acids is 1. The number of carboxylic acid groups (broad SMARTS) is 3. The quantitative estimate of drug-likeness (QED) is 0.569. The van der Waals surface area contributed by atoms with E-state index in [0.29, 0.717) is 0 Å². The Morgan fingerprint density at radius 2 is 1.56 bits per heavy atom. The Labute approximate surface area is 147 Å². The standard InChI is InChI=1S/C9H6O6.C5H12N2OP2/c10-7(11)4-1-2-5(8(12)13)6(3-4)9(14)15;6-4(8)7-3-1-2-5(7,9)10/h1-3H,(H,10,11)(H,12,13)(H,14,15);1-3,9-10H2,(H2,6,8). The van der Waals surface area contributed by atoms with Gasteiger partial charge in [-0.25, -0.2) is 19.2 Å². The summed E-state index contributed by atoms with van der Waals surface area (Å²) in [7, 11) is 5.25. The number of carbonyl (C=O) groups is 4. The van der Waals surface area contributed by atoms with E-state index >= 15 is 0 Å². The van der Waals surface area contributed by atoms with Gasteiger partial charge in [0.2, 0.25) is 0 Å². The molecule has 1 saturated heterocycles. The third kappa shape index (κ3) is 5.37. The van der Waals surface area contributed by atoms with Crippen molar-refractivity contribution in [1.82, 2.24) is 4.90 Å². The summed E-state index contributed by atoms with van der Waals surface area (Å²) in [6.45, 7) is 0.780. The molecule has 11 heteroatoms. The summed E-state index contributed by atoms with van der Waals surface area (Å²) in [5.74, 6) is -4.20. The Kier molecular flexibility index (Phi) is 6.85. The first-order valence-electron chi connectivity index (χ1n) is 6.96. The Bertz CT molecular complexity index is 721. The van der Waals surface area contributed by atoms with Crippen molar-refractivity contribution in [1.29, 1.82) is 0 Å². The summed E-state index contributed by atoms with van der Waals surface area (Å²) in [6, 6.07) is 2.48. The lowest BCUT2D eigenvalue weighted by molar-refractivity contribution is 0.0649. The lowest BCUT2D eigenvalue weighted by Gasteiger charge is -2.29. The van der Waals surface area contributed by atoms with Gasteiger partial charge in [0.05, 0.1) is 21.7 Å². The average molecular weight is 388 g/mol. The van der Waals surface area contributed by atoms with Gasteiger partial charge in [-0.3, -0.25) is 0 Å². The number of primary amides is 1. The number of amides is 2. The number of carboxylic acids is 3. The van der Waals surface area contributed by atoms with E-state index in [9.17, 15) is 19.2 Å². The molecule has 0 saturated carbocycles. The fraction of sp³-hybridized carbons (Fsp3) is 0.286. The fourth-order valence-corrected chi connectivity index (χ4v) is 3.14. The number of hydrogen-bond acceptors (Lipinski definition) is 4. The summed E-state index contributed by atoms with van der Waals surface area (Å²) in [5, 5.41) is 25.7. The molecule has 1 aromatic rings. The Balaban J connectivity index is 0.000000271. The Morgan fingerprint density at radius 1 is 1.00 bits per heavy atom. The van der Waals surface area contributed by atoms with Crippen molar-refractivity contribution in [2.45, 2.75) is 17.9 Å². The van der Waals surface area contributed by atoms with Crippen molar-refractivity contribution in [3.05, 3.63) is 34.9 Å². The number of nitrogens with zero attached hydrogens (tertiary/aromatic N) is 1. The van der Waals surface area contributed by atoms with Crippen LogP contribution < -0.4 is 5.73 Å². The molecule has 1 aliphatic heterocycles. The third-order valence-corrected chi connectivity index (χ3v) is 4.66. The van der Waals surface area contributed by atoms with Gasteiger partial charge in [-0.2, -0.15) is 0 Å². The maximum Gasteiger partial charge on any atom is 0.336 e. The van der Waals surface area contributed by atoms with Gasteiger partial charge in [0.25, 0.3) is 0 Å². The molecule has 0 radical (unpaired) electrons. The molecule has 1 aromatic carbocycles.